The van der Waals surface area contributed by atoms with Crippen molar-refractivity contribution in [3.8, 4) is 0 Å². The largest absolute Gasteiger partial charge is 0.476 e. The van der Waals surface area contributed by atoms with Crippen molar-refractivity contribution in [1.29, 1.82) is 0 Å². The fourth-order valence-electron chi connectivity index (χ4n) is 1.86. The predicted octanol–water partition coefficient (Wildman–Crippen LogP) is 0.889. The molecule has 0 atom stereocenters. The summed E-state index contributed by atoms with van der Waals surface area (Å²) in [5, 5.41) is 15.4. The molecule has 1 aliphatic rings. The first-order chi connectivity index (χ1) is 8.25. The van der Waals surface area contributed by atoms with Gasteiger partial charge in [0, 0.05) is 6.07 Å². The van der Waals surface area contributed by atoms with Gasteiger partial charge in [-0.15, -0.1) is 0 Å². The molecule has 6 heteroatoms. The SMILES string of the molecule is O=C(O)c1cc(COCC2CCNCC2)on1. The smallest absolute Gasteiger partial charge is 0.358 e. The minimum atomic E-state index is -1.08. The van der Waals surface area contributed by atoms with E-state index < -0.39 is 5.97 Å². The van der Waals surface area contributed by atoms with Gasteiger partial charge in [0.1, 0.15) is 6.61 Å². The van der Waals surface area contributed by atoms with E-state index >= 15 is 0 Å². The van der Waals surface area contributed by atoms with Crippen molar-refractivity contribution in [2.75, 3.05) is 19.7 Å². The summed E-state index contributed by atoms with van der Waals surface area (Å²) in [5.74, 6) is -0.0483. The monoisotopic (exact) mass is 240 g/mol. The van der Waals surface area contributed by atoms with E-state index in [9.17, 15) is 4.79 Å². The molecule has 0 aliphatic carbocycles. The van der Waals surface area contributed by atoms with Crippen LogP contribution in [0.25, 0.3) is 0 Å². The Morgan fingerprint density at radius 2 is 2.35 bits per heavy atom. The standard InChI is InChI=1S/C11H16N2O4/c14-11(15)10-5-9(17-13-10)7-16-6-8-1-3-12-4-2-8/h5,8,12H,1-4,6-7H2,(H,14,15). The first kappa shape index (κ1) is 12.1. The van der Waals surface area contributed by atoms with Crippen molar-refractivity contribution in [3.05, 3.63) is 17.5 Å². The summed E-state index contributed by atoms with van der Waals surface area (Å²) in [5.41, 5.74) is -0.0783. The van der Waals surface area contributed by atoms with E-state index in [1.54, 1.807) is 0 Å². The average molecular weight is 240 g/mol. The van der Waals surface area contributed by atoms with Crippen molar-refractivity contribution >= 4 is 5.97 Å². The second kappa shape index (κ2) is 5.79. The fourth-order valence-corrected chi connectivity index (χ4v) is 1.86. The minimum absolute atomic E-state index is 0.0783. The number of ether oxygens (including phenoxy) is 1. The van der Waals surface area contributed by atoms with Gasteiger partial charge in [-0.05, 0) is 31.8 Å². The van der Waals surface area contributed by atoms with Gasteiger partial charge in [0.25, 0.3) is 0 Å². The molecule has 0 radical (unpaired) electrons. The molecule has 94 valence electrons. The highest BCUT2D eigenvalue weighted by molar-refractivity contribution is 5.85. The molecule has 17 heavy (non-hydrogen) atoms. The lowest BCUT2D eigenvalue weighted by atomic mass is 9.99. The average Bonchev–Trinajstić information content (AvgIpc) is 2.79. The molecule has 0 amide bonds. The second-order valence-electron chi connectivity index (χ2n) is 4.19. The van der Waals surface area contributed by atoms with Crippen LogP contribution < -0.4 is 5.32 Å². The summed E-state index contributed by atoms with van der Waals surface area (Å²) < 4.78 is 10.3. The first-order valence-corrected chi connectivity index (χ1v) is 5.73. The number of aromatic nitrogens is 1. The predicted molar refractivity (Wildman–Crippen MR) is 58.7 cm³/mol. The molecule has 0 spiro atoms. The molecule has 1 aromatic rings. The molecule has 1 aliphatic heterocycles. The number of hydrogen-bond donors (Lipinski definition) is 2. The zero-order valence-electron chi connectivity index (χ0n) is 9.52. The van der Waals surface area contributed by atoms with Crippen LogP contribution in [0.3, 0.4) is 0 Å². The van der Waals surface area contributed by atoms with Crippen molar-refractivity contribution in [3.63, 3.8) is 0 Å². The number of carboxylic acid groups (broad SMARTS) is 1. The molecule has 6 nitrogen and oxygen atoms in total. The Morgan fingerprint density at radius 1 is 1.59 bits per heavy atom. The number of aromatic carboxylic acids is 1. The van der Waals surface area contributed by atoms with Gasteiger partial charge in [0.05, 0.1) is 6.61 Å². The van der Waals surface area contributed by atoms with E-state index in [0.29, 0.717) is 18.3 Å². The Bertz CT molecular complexity index is 371. The summed E-state index contributed by atoms with van der Waals surface area (Å²) in [4.78, 5) is 10.6. The van der Waals surface area contributed by atoms with E-state index in [1.807, 2.05) is 0 Å². The first-order valence-electron chi connectivity index (χ1n) is 5.73. The van der Waals surface area contributed by atoms with Crippen molar-refractivity contribution in [1.82, 2.24) is 10.5 Å². The van der Waals surface area contributed by atoms with Crippen LogP contribution in [0.2, 0.25) is 0 Å². The van der Waals surface area contributed by atoms with Gasteiger partial charge >= 0.3 is 5.97 Å². The lowest BCUT2D eigenvalue weighted by Gasteiger charge is -2.21. The molecular weight excluding hydrogens is 224 g/mol. The number of hydrogen-bond acceptors (Lipinski definition) is 5. The molecule has 1 fully saturated rings. The Labute approximate surface area is 98.9 Å². The van der Waals surface area contributed by atoms with Crippen molar-refractivity contribution in [2.45, 2.75) is 19.4 Å². The van der Waals surface area contributed by atoms with Crippen LogP contribution in [0.5, 0.6) is 0 Å². The fraction of sp³-hybridized carbons (Fsp3) is 0.636. The molecule has 2 heterocycles. The van der Waals surface area contributed by atoms with Gasteiger partial charge in [-0.2, -0.15) is 0 Å². The van der Waals surface area contributed by atoms with Crippen LogP contribution in [0, 0.1) is 5.92 Å². The zero-order chi connectivity index (χ0) is 12.1. The maximum Gasteiger partial charge on any atom is 0.358 e. The van der Waals surface area contributed by atoms with Gasteiger partial charge in [0.15, 0.2) is 11.5 Å². The molecular formula is C11H16N2O4. The van der Waals surface area contributed by atoms with Gasteiger partial charge in [-0.3, -0.25) is 0 Å². The third-order valence-corrected chi connectivity index (χ3v) is 2.83. The summed E-state index contributed by atoms with van der Waals surface area (Å²) in [6.45, 7) is 3.05. The molecule has 1 saturated heterocycles. The molecule has 0 unspecified atom stereocenters. The normalized spacial score (nSPS) is 17.2. The van der Waals surface area contributed by atoms with Gasteiger partial charge in [-0.25, -0.2) is 4.79 Å². The summed E-state index contributed by atoms with van der Waals surface area (Å²) in [6.07, 6.45) is 2.24. The maximum absolute atomic E-state index is 10.6. The summed E-state index contributed by atoms with van der Waals surface area (Å²) in [6, 6.07) is 1.39. The lowest BCUT2D eigenvalue weighted by Crippen LogP contribution is -2.29. The number of nitrogens with zero attached hydrogens (tertiary/aromatic N) is 1. The van der Waals surface area contributed by atoms with Crippen molar-refractivity contribution < 1.29 is 19.2 Å². The summed E-state index contributed by atoms with van der Waals surface area (Å²) >= 11 is 0. The van der Waals surface area contributed by atoms with Gasteiger partial charge in [0.2, 0.25) is 0 Å². The van der Waals surface area contributed by atoms with E-state index in [4.69, 9.17) is 14.4 Å². The number of nitrogens with one attached hydrogen (secondary N) is 1. The molecule has 0 bridgehead atoms. The van der Waals surface area contributed by atoms with Crippen LogP contribution in [-0.4, -0.2) is 35.9 Å². The van der Waals surface area contributed by atoms with Crippen LogP contribution in [0.4, 0.5) is 0 Å². The molecule has 0 aromatic carbocycles. The van der Waals surface area contributed by atoms with Gasteiger partial charge in [-0.1, -0.05) is 5.16 Å². The Hall–Kier alpha value is -1.40. The second-order valence-corrected chi connectivity index (χ2v) is 4.19. The van der Waals surface area contributed by atoms with Crippen LogP contribution >= 0.6 is 0 Å². The Balaban J connectivity index is 1.71. The van der Waals surface area contributed by atoms with Crippen LogP contribution in [-0.2, 0) is 11.3 Å². The highest BCUT2D eigenvalue weighted by Gasteiger charge is 2.14. The number of piperidine rings is 1. The van der Waals surface area contributed by atoms with E-state index in [1.165, 1.54) is 6.07 Å². The third kappa shape index (κ3) is 3.54. The van der Waals surface area contributed by atoms with Crippen LogP contribution in [0.15, 0.2) is 10.6 Å². The molecule has 2 rings (SSSR count). The van der Waals surface area contributed by atoms with Gasteiger partial charge < -0.3 is 19.7 Å². The zero-order valence-corrected chi connectivity index (χ0v) is 9.52. The Kier molecular flexibility index (Phi) is 4.11. The third-order valence-electron chi connectivity index (χ3n) is 2.83. The molecule has 1 aromatic heterocycles. The topological polar surface area (TPSA) is 84.6 Å². The number of rotatable bonds is 5. The highest BCUT2D eigenvalue weighted by Crippen LogP contribution is 2.13. The van der Waals surface area contributed by atoms with E-state index in [2.05, 4.69) is 10.5 Å². The number of carboxylic acids is 1. The molecule has 0 saturated carbocycles. The van der Waals surface area contributed by atoms with E-state index in [0.717, 1.165) is 25.9 Å². The summed E-state index contributed by atoms with van der Waals surface area (Å²) in [7, 11) is 0. The Morgan fingerprint density at radius 3 is 3.00 bits per heavy atom. The quantitative estimate of drug-likeness (QED) is 0.795. The number of carbonyl (C=O) groups is 1. The lowest BCUT2D eigenvalue weighted by molar-refractivity contribution is 0.0622. The maximum atomic E-state index is 10.6. The van der Waals surface area contributed by atoms with E-state index in [-0.39, 0.29) is 12.3 Å². The molecule has 2 N–H and O–H groups in total. The van der Waals surface area contributed by atoms with Crippen LogP contribution in [0.1, 0.15) is 29.1 Å². The minimum Gasteiger partial charge on any atom is -0.476 e. The highest BCUT2D eigenvalue weighted by atomic mass is 16.5. The van der Waals surface area contributed by atoms with Crippen molar-refractivity contribution in [2.24, 2.45) is 5.92 Å².